The maximum Gasteiger partial charge on any atom is 0.191 e. The molecule has 0 bridgehead atoms. The lowest BCUT2D eigenvalue weighted by molar-refractivity contribution is 0.0220. The molecule has 0 saturated carbocycles. The molecule has 2 unspecified atom stereocenters. The Kier molecular flexibility index (Phi) is 10.8. The zero-order valence-electron chi connectivity index (χ0n) is 18.2. The van der Waals surface area contributed by atoms with Crippen molar-refractivity contribution in [3.8, 4) is 5.75 Å². The Morgan fingerprint density at radius 2 is 2.10 bits per heavy atom. The van der Waals surface area contributed by atoms with Crippen LogP contribution >= 0.6 is 35.6 Å². The van der Waals surface area contributed by atoms with Crippen molar-refractivity contribution in [2.45, 2.75) is 32.4 Å². The highest BCUT2D eigenvalue weighted by Gasteiger charge is 2.26. The number of nitrogens with one attached hydrogen (secondary N) is 2. The first kappa shape index (κ1) is 25.3. The van der Waals surface area contributed by atoms with E-state index in [0.717, 1.165) is 81.3 Å². The molecule has 2 N–H and O–H groups in total. The van der Waals surface area contributed by atoms with E-state index in [1.807, 2.05) is 18.2 Å². The van der Waals surface area contributed by atoms with Crippen LogP contribution in [0.2, 0.25) is 5.02 Å². The van der Waals surface area contributed by atoms with Crippen LogP contribution in [-0.4, -0.2) is 82.5 Å². The van der Waals surface area contributed by atoms with Gasteiger partial charge in [-0.25, -0.2) is 0 Å². The highest BCUT2D eigenvalue weighted by Crippen LogP contribution is 2.33. The van der Waals surface area contributed by atoms with Crippen molar-refractivity contribution >= 4 is 47.2 Å². The van der Waals surface area contributed by atoms with Crippen molar-refractivity contribution in [3.63, 3.8) is 0 Å². The van der Waals surface area contributed by atoms with E-state index in [9.17, 15) is 0 Å². The molecule has 3 rings (SSSR count). The average molecular weight is 552 g/mol. The molecule has 2 atom stereocenters. The summed E-state index contributed by atoms with van der Waals surface area (Å²) in [5.74, 6) is 1.74. The molecule has 2 saturated heterocycles. The summed E-state index contributed by atoms with van der Waals surface area (Å²) in [4.78, 5) is 9.61. The molecular weight excluding hydrogens is 517 g/mol. The molecule has 1 aromatic carbocycles. The van der Waals surface area contributed by atoms with Crippen molar-refractivity contribution in [1.82, 2.24) is 15.5 Å². The van der Waals surface area contributed by atoms with Crippen LogP contribution in [0.5, 0.6) is 5.75 Å². The minimum atomic E-state index is 0. The van der Waals surface area contributed by atoms with E-state index in [-0.39, 0.29) is 24.0 Å². The molecule has 0 radical (unpaired) electrons. The second-order valence-electron chi connectivity index (χ2n) is 7.61. The first-order valence-corrected chi connectivity index (χ1v) is 10.9. The van der Waals surface area contributed by atoms with Gasteiger partial charge in [-0.15, -0.1) is 24.0 Å². The summed E-state index contributed by atoms with van der Waals surface area (Å²) in [6, 6.07) is 6.50. The Bertz CT molecular complexity index is 687. The first-order valence-electron chi connectivity index (χ1n) is 10.6. The van der Waals surface area contributed by atoms with Gasteiger partial charge in [-0.3, -0.25) is 9.89 Å². The lowest BCUT2D eigenvalue weighted by Crippen LogP contribution is -2.46. The molecule has 30 heavy (non-hydrogen) atoms. The third kappa shape index (κ3) is 7.03. The Morgan fingerprint density at radius 3 is 2.80 bits per heavy atom. The number of aliphatic imine (C=N–C) groups is 1. The van der Waals surface area contributed by atoms with E-state index in [1.165, 1.54) is 0 Å². The van der Waals surface area contributed by atoms with Gasteiger partial charge >= 0.3 is 0 Å². The average Bonchev–Trinajstić information content (AvgIpc) is 3.21. The Morgan fingerprint density at radius 1 is 1.33 bits per heavy atom. The molecule has 0 aliphatic carbocycles. The van der Waals surface area contributed by atoms with E-state index in [1.54, 1.807) is 7.11 Å². The minimum Gasteiger partial charge on any atom is -0.495 e. The number of morpholine rings is 1. The van der Waals surface area contributed by atoms with Crippen LogP contribution in [0.25, 0.3) is 0 Å². The lowest BCUT2D eigenvalue weighted by atomic mass is 10.2. The molecular formula is C21H35ClIN5O2. The van der Waals surface area contributed by atoms with Crippen molar-refractivity contribution in [2.75, 3.05) is 64.5 Å². The standard InChI is InChI=1S/C21H34ClN5O2.HI/c1-4-23-21(24-14-16(2)26-9-11-29-12-10-26)25-18-7-8-27(15-18)19-13-17(22)5-6-20(19)28-3;/h5-6,13,16,18H,4,7-12,14-15H2,1-3H3,(H2,23,24,25);1H. The molecule has 9 heteroatoms. The Labute approximate surface area is 202 Å². The summed E-state index contributed by atoms with van der Waals surface area (Å²) in [6.07, 6.45) is 1.04. The highest BCUT2D eigenvalue weighted by molar-refractivity contribution is 14.0. The smallest absolute Gasteiger partial charge is 0.191 e. The van der Waals surface area contributed by atoms with Crippen LogP contribution in [0.1, 0.15) is 20.3 Å². The molecule has 2 aliphatic heterocycles. The van der Waals surface area contributed by atoms with E-state index in [2.05, 4.69) is 34.3 Å². The predicted molar refractivity (Wildman–Crippen MR) is 135 cm³/mol. The van der Waals surface area contributed by atoms with Gasteiger partial charge in [-0.2, -0.15) is 0 Å². The van der Waals surface area contributed by atoms with Gasteiger partial charge in [0.05, 0.1) is 32.6 Å². The summed E-state index contributed by atoms with van der Waals surface area (Å²) in [6.45, 7) is 11.4. The first-order chi connectivity index (χ1) is 14.1. The number of benzene rings is 1. The molecule has 2 fully saturated rings. The van der Waals surface area contributed by atoms with Crippen LogP contribution in [0, 0.1) is 0 Å². The van der Waals surface area contributed by atoms with Gasteiger partial charge in [0.1, 0.15) is 5.75 Å². The van der Waals surface area contributed by atoms with E-state index < -0.39 is 0 Å². The van der Waals surface area contributed by atoms with Crippen LogP contribution in [0.3, 0.4) is 0 Å². The number of anilines is 1. The van der Waals surface area contributed by atoms with Crippen LogP contribution in [-0.2, 0) is 4.74 Å². The number of ether oxygens (including phenoxy) is 2. The zero-order valence-corrected chi connectivity index (χ0v) is 21.3. The molecule has 0 amide bonds. The fraction of sp³-hybridized carbons (Fsp3) is 0.667. The summed E-state index contributed by atoms with van der Waals surface area (Å²) in [5.41, 5.74) is 1.05. The number of hydrogen-bond donors (Lipinski definition) is 2. The summed E-state index contributed by atoms with van der Waals surface area (Å²) in [7, 11) is 1.70. The molecule has 2 aliphatic rings. The van der Waals surface area contributed by atoms with Crippen LogP contribution in [0.15, 0.2) is 23.2 Å². The van der Waals surface area contributed by atoms with Crippen molar-refractivity contribution in [1.29, 1.82) is 0 Å². The molecule has 1 aromatic rings. The zero-order chi connectivity index (χ0) is 20.6. The largest absolute Gasteiger partial charge is 0.495 e. The summed E-state index contributed by atoms with van der Waals surface area (Å²) < 4.78 is 11.0. The summed E-state index contributed by atoms with van der Waals surface area (Å²) >= 11 is 6.21. The van der Waals surface area contributed by atoms with Gasteiger partial charge in [0, 0.05) is 49.8 Å². The van der Waals surface area contributed by atoms with Gasteiger partial charge < -0.3 is 25.0 Å². The molecule has 170 valence electrons. The molecule has 2 heterocycles. The number of guanidine groups is 1. The monoisotopic (exact) mass is 551 g/mol. The quantitative estimate of drug-likeness (QED) is 0.309. The number of nitrogens with zero attached hydrogens (tertiary/aromatic N) is 3. The van der Waals surface area contributed by atoms with Gasteiger partial charge in [-0.05, 0) is 38.5 Å². The van der Waals surface area contributed by atoms with Crippen molar-refractivity contribution in [2.24, 2.45) is 4.99 Å². The highest BCUT2D eigenvalue weighted by atomic mass is 127. The summed E-state index contributed by atoms with van der Waals surface area (Å²) in [5, 5.41) is 7.72. The molecule has 0 aromatic heterocycles. The molecule has 7 nitrogen and oxygen atoms in total. The number of rotatable bonds is 7. The van der Waals surface area contributed by atoms with Crippen molar-refractivity contribution < 1.29 is 9.47 Å². The van der Waals surface area contributed by atoms with Gasteiger partial charge in [0.25, 0.3) is 0 Å². The third-order valence-electron chi connectivity index (χ3n) is 5.54. The number of methoxy groups -OCH3 is 1. The SMILES string of the molecule is CCNC(=NCC(C)N1CCOCC1)NC1CCN(c2cc(Cl)ccc2OC)C1.I. The number of hydrogen-bond acceptors (Lipinski definition) is 5. The normalized spacial score (nSPS) is 21.1. The van der Waals surface area contributed by atoms with Crippen molar-refractivity contribution in [3.05, 3.63) is 23.2 Å². The maximum absolute atomic E-state index is 6.21. The fourth-order valence-electron chi connectivity index (χ4n) is 3.88. The van der Waals surface area contributed by atoms with Gasteiger partial charge in [0.2, 0.25) is 0 Å². The van der Waals surface area contributed by atoms with Crippen LogP contribution < -0.4 is 20.3 Å². The third-order valence-corrected chi connectivity index (χ3v) is 5.77. The lowest BCUT2D eigenvalue weighted by Gasteiger charge is -2.31. The van der Waals surface area contributed by atoms with E-state index >= 15 is 0 Å². The van der Waals surface area contributed by atoms with Gasteiger partial charge in [0.15, 0.2) is 5.96 Å². The van der Waals surface area contributed by atoms with Crippen LogP contribution in [0.4, 0.5) is 5.69 Å². The fourth-order valence-corrected chi connectivity index (χ4v) is 4.04. The van der Waals surface area contributed by atoms with E-state index in [4.69, 9.17) is 26.1 Å². The Balaban J connectivity index is 0.00000320. The minimum absolute atomic E-state index is 0. The second kappa shape index (κ2) is 12.8. The van der Waals surface area contributed by atoms with E-state index in [0.29, 0.717) is 12.1 Å². The van der Waals surface area contributed by atoms with Gasteiger partial charge in [-0.1, -0.05) is 11.6 Å². The predicted octanol–water partition coefficient (Wildman–Crippen LogP) is 2.82. The molecule has 0 spiro atoms. The number of halogens is 2. The topological polar surface area (TPSA) is 61.4 Å². The second-order valence-corrected chi connectivity index (χ2v) is 8.05. The Hall–Kier alpha value is -0.970. The maximum atomic E-state index is 6.21.